The highest BCUT2D eigenvalue weighted by Crippen LogP contribution is 2.23. The smallest absolute Gasteiger partial charge is 0.341 e. The van der Waals surface area contributed by atoms with Crippen molar-refractivity contribution in [3.63, 3.8) is 0 Å². The van der Waals surface area contributed by atoms with Crippen molar-refractivity contribution < 1.29 is 14.3 Å². The largest absolute Gasteiger partial charge is 0.488 e. The second kappa shape index (κ2) is 7.26. The van der Waals surface area contributed by atoms with E-state index < -0.39 is 0 Å². The third kappa shape index (κ3) is 4.08. The van der Waals surface area contributed by atoms with Crippen molar-refractivity contribution in [2.75, 3.05) is 7.11 Å². The van der Waals surface area contributed by atoms with Crippen LogP contribution in [0, 0.1) is 7.14 Å². The number of rotatable bonds is 4. The maximum atomic E-state index is 11.7. The van der Waals surface area contributed by atoms with E-state index in [-0.39, 0.29) is 5.97 Å². The molecule has 0 aromatic heterocycles. The molecular weight excluding hydrogens is 482 g/mol. The molecule has 104 valence electrons. The minimum absolute atomic E-state index is 0.388. The van der Waals surface area contributed by atoms with Crippen molar-refractivity contribution in [3.8, 4) is 5.75 Å². The van der Waals surface area contributed by atoms with Crippen LogP contribution in [0.25, 0.3) is 0 Å². The summed E-state index contributed by atoms with van der Waals surface area (Å²) in [6.07, 6.45) is 0. The van der Waals surface area contributed by atoms with Gasteiger partial charge in [-0.2, -0.15) is 0 Å². The van der Waals surface area contributed by atoms with Gasteiger partial charge in [0.1, 0.15) is 17.9 Å². The molecule has 0 radical (unpaired) electrons. The van der Waals surface area contributed by atoms with Crippen molar-refractivity contribution in [3.05, 3.63) is 60.7 Å². The van der Waals surface area contributed by atoms with Crippen LogP contribution in [0.3, 0.4) is 0 Å². The van der Waals surface area contributed by atoms with Gasteiger partial charge in [0.2, 0.25) is 0 Å². The topological polar surface area (TPSA) is 35.5 Å². The van der Waals surface area contributed by atoms with E-state index in [2.05, 4.69) is 45.2 Å². The number of carbonyl (C=O) groups is 1. The van der Waals surface area contributed by atoms with Gasteiger partial charge in [0.05, 0.1) is 7.11 Å². The number of hydrogen-bond acceptors (Lipinski definition) is 3. The quantitative estimate of drug-likeness (QED) is 0.471. The Hall–Kier alpha value is -0.830. The number of benzene rings is 2. The number of hydrogen-bond donors (Lipinski definition) is 0. The molecule has 0 N–H and O–H groups in total. The molecule has 0 aliphatic rings. The summed E-state index contributed by atoms with van der Waals surface area (Å²) in [6, 6.07) is 13.5. The Morgan fingerprint density at radius 1 is 1.05 bits per heavy atom. The van der Waals surface area contributed by atoms with E-state index in [1.54, 1.807) is 12.1 Å². The fraction of sp³-hybridized carbons (Fsp3) is 0.133. The van der Waals surface area contributed by atoms with Crippen LogP contribution >= 0.6 is 45.2 Å². The average molecular weight is 494 g/mol. The number of ether oxygens (including phenoxy) is 2. The molecular formula is C15H12I2O3. The SMILES string of the molecule is COC(=O)c1cc(I)ccc1OCc1ccc(I)cc1. The average Bonchev–Trinajstić information content (AvgIpc) is 2.46. The van der Waals surface area contributed by atoms with E-state index >= 15 is 0 Å². The maximum Gasteiger partial charge on any atom is 0.341 e. The zero-order valence-electron chi connectivity index (χ0n) is 10.7. The molecule has 0 spiro atoms. The summed E-state index contributed by atoms with van der Waals surface area (Å²) in [5.41, 5.74) is 1.50. The Morgan fingerprint density at radius 3 is 2.35 bits per heavy atom. The highest BCUT2D eigenvalue weighted by atomic mass is 127. The number of methoxy groups -OCH3 is 1. The van der Waals surface area contributed by atoms with Crippen LogP contribution < -0.4 is 4.74 Å². The predicted molar refractivity (Wildman–Crippen MR) is 94.0 cm³/mol. The normalized spacial score (nSPS) is 10.2. The highest BCUT2D eigenvalue weighted by molar-refractivity contribution is 14.1. The fourth-order valence-corrected chi connectivity index (χ4v) is 2.49. The van der Waals surface area contributed by atoms with Gasteiger partial charge in [0.15, 0.2) is 0 Å². The summed E-state index contributed by atoms with van der Waals surface area (Å²) >= 11 is 4.41. The second-order valence-corrected chi connectivity index (χ2v) is 6.54. The zero-order valence-corrected chi connectivity index (χ0v) is 15.0. The molecule has 20 heavy (non-hydrogen) atoms. The lowest BCUT2D eigenvalue weighted by atomic mass is 10.2. The van der Waals surface area contributed by atoms with E-state index in [9.17, 15) is 4.79 Å². The van der Waals surface area contributed by atoms with Gasteiger partial charge in [-0.1, -0.05) is 12.1 Å². The van der Waals surface area contributed by atoms with Crippen molar-refractivity contribution >= 4 is 51.2 Å². The zero-order chi connectivity index (χ0) is 14.5. The van der Waals surface area contributed by atoms with E-state index in [4.69, 9.17) is 9.47 Å². The van der Waals surface area contributed by atoms with Gasteiger partial charge in [0, 0.05) is 7.14 Å². The Balaban J connectivity index is 2.16. The van der Waals surface area contributed by atoms with Crippen LogP contribution in [-0.2, 0) is 11.3 Å². The standard InChI is InChI=1S/C15H12I2O3/c1-19-15(18)13-8-12(17)6-7-14(13)20-9-10-2-4-11(16)5-3-10/h2-8H,9H2,1H3. The summed E-state index contributed by atoms with van der Waals surface area (Å²) in [6.45, 7) is 0.418. The number of esters is 1. The monoisotopic (exact) mass is 494 g/mol. The number of carbonyl (C=O) groups excluding carboxylic acids is 1. The minimum Gasteiger partial charge on any atom is -0.488 e. The molecule has 5 heteroatoms. The third-order valence-electron chi connectivity index (χ3n) is 2.65. The van der Waals surface area contributed by atoms with Crippen LogP contribution in [0.5, 0.6) is 5.75 Å². The first kappa shape index (κ1) is 15.6. The Bertz CT molecular complexity index is 609. The molecule has 0 aliphatic carbocycles. The van der Waals surface area contributed by atoms with Gasteiger partial charge in [-0.05, 0) is 81.1 Å². The Labute approximate surface area is 144 Å². The van der Waals surface area contributed by atoms with Crippen molar-refractivity contribution in [1.82, 2.24) is 0 Å². The van der Waals surface area contributed by atoms with E-state index in [1.807, 2.05) is 30.3 Å². The molecule has 0 saturated heterocycles. The molecule has 0 fully saturated rings. The Kier molecular flexibility index (Phi) is 5.64. The van der Waals surface area contributed by atoms with Gasteiger partial charge >= 0.3 is 5.97 Å². The lowest BCUT2D eigenvalue weighted by Crippen LogP contribution is -2.06. The molecule has 2 aromatic rings. The molecule has 3 nitrogen and oxygen atoms in total. The molecule has 2 aromatic carbocycles. The first-order valence-corrected chi connectivity index (χ1v) is 8.01. The lowest BCUT2D eigenvalue weighted by Gasteiger charge is -2.11. The summed E-state index contributed by atoms with van der Waals surface area (Å²) in [5.74, 6) is 0.150. The van der Waals surface area contributed by atoms with Gasteiger partial charge in [-0.25, -0.2) is 4.79 Å². The molecule has 0 unspecified atom stereocenters. The fourth-order valence-electron chi connectivity index (χ4n) is 1.64. The first-order valence-electron chi connectivity index (χ1n) is 5.85. The minimum atomic E-state index is -0.388. The van der Waals surface area contributed by atoms with E-state index in [0.29, 0.717) is 17.9 Å². The molecule has 0 bridgehead atoms. The molecule has 0 aliphatic heterocycles. The van der Waals surface area contributed by atoms with Crippen LogP contribution in [-0.4, -0.2) is 13.1 Å². The van der Waals surface area contributed by atoms with Crippen LogP contribution in [0.2, 0.25) is 0 Å². The molecule has 0 heterocycles. The third-order valence-corrected chi connectivity index (χ3v) is 4.04. The molecule has 0 saturated carbocycles. The van der Waals surface area contributed by atoms with E-state index in [1.165, 1.54) is 10.7 Å². The van der Waals surface area contributed by atoms with Gasteiger partial charge in [0.25, 0.3) is 0 Å². The number of halogens is 2. The molecule has 2 rings (SSSR count). The predicted octanol–water partition coefficient (Wildman–Crippen LogP) is 4.26. The van der Waals surface area contributed by atoms with Crippen molar-refractivity contribution in [2.45, 2.75) is 6.61 Å². The summed E-state index contributed by atoms with van der Waals surface area (Å²) in [7, 11) is 1.37. The Morgan fingerprint density at radius 2 is 1.70 bits per heavy atom. The van der Waals surface area contributed by atoms with Gasteiger partial charge in [-0.3, -0.25) is 0 Å². The van der Waals surface area contributed by atoms with Crippen molar-refractivity contribution in [1.29, 1.82) is 0 Å². The van der Waals surface area contributed by atoms with E-state index in [0.717, 1.165) is 9.13 Å². The van der Waals surface area contributed by atoms with Gasteiger partial charge in [-0.15, -0.1) is 0 Å². The maximum absolute atomic E-state index is 11.7. The lowest BCUT2D eigenvalue weighted by molar-refractivity contribution is 0.0595. The molecule has 0 amide bonds. The summed E-state index contributed by atoms with van der Waals surface area (Å²) < 4.78 is 12.7. The van der Waals surface area contributed by atoms with Crippen LogP contribution in [0.1, 0.15) is 15.9 Å². The van der Waals surface area contributed by atoms with Crippen molar-refractivity contribution in [2.24, 2.45) is 0 Å². The summed E-state index contributed by atoms with van der Waals surface area (Å²) in [5, 5.41) is 0. The summed E-state index contributed by atoms with van der Waals surface area (Å²) in [4.78, 5) is 11.7. The molecule has 0 atom stereocenters. The second-order valence-electron chi connectivity index (χ2n) is 4.05. The van der Waals surface area contributed by atoms with Crippen LogP contribution in [0.4, 0.5) is 0 Å². The highest BCUT2D eigenvalue weighted by Gasteiger charge is 2.13. The van der Waals surface area contributed by atoms with Gasteiger partial charge < -0.3 is 9.47 Å². The van der Waals surface area contributed by atoms with Crippen LogP contribution in [0.15, 0.2) is 42.5 Å². The first-order chi connectivity index (χ1) is 9.60.